The molecule has 0 saturated heterocycles. The number of nitrogens with zero attached hydrogens (tertiary/aromatic N) is 3. The van der Waals surface area contributed by atoms with E-state index in [1.54, 1.807) is 10.6 Å². The van der Waals surface area contributed by atoms with Crippen LogP contribution >= 0.6 is 15.9 Å². The number of amides is 1. The second-order valence-corrected chi connectivity index (χ2v) is 8.86. The molecule has 0 N–H and O–H groups in total. The number of carbonyl (C=O) groups is 1. The Morgan fingerprint density at radius 2 is 1.90 bits per heavy atom. The molecule has 0 spiro atoms. The SMILES string of the molecule is CCCCN(C(=O)C1CC1)C(C)c1nc2ccccc2c(=O)n1-c1ccc(Br)cc1. The van der Waals surface area contributed by atoms with Crippen LogP contribution < -0.4 is 5.56 Å². The number of rotatable bonds is 7. The fourth-order valence-corrected chi connectivity index (χ4v) is 4.06. The van der Waals surface area contributed by atoms with Crippen molar-refractivity contribution < 1.29 is 4.79 Å². The molecule has 2 aromatic carbocycles. The number of para-hydroxylation sites is 1. The molecule has 1 amide bonds. The van der Waals surface area contributed by atoms with Crippen LogP contribution in [0, 0.1) is 5.92 Å². The predicted octanol–water partition coefficient (Wildman–Crippen LogP) is 5.25. The van der Waals surface area contributed by atoms with E-state index < -0.39 is 0 Å². The summed E-state index contributed by atoms with van der Waals surface area (Å²) >= 11 is 3.46. The molecule has 1 aliphatic rings. The number of benzene rings is 2. The van der Waals surface area contributed by atoms with Gasteiger partial charge in [0.05, 0.1) is 22.6 Å². The van der Waals surface area contributed by atoms with Gasteiger partial charge in [0.2, 0.25) is 5.91 Å². The molecule has 0 radical (unpaired) electrons. The molecular formula is C24H26BrN3O2. The van der Waals surface area contributed by atoms with Gasteiger partial charge in [-0.05, 0) is 62.6 Å². The van der Waals surface area contributed by atoms with Gasteiger partial charge >= 0.3 is 0 Å². The first-order valence-corrected chi connectivity index (χ1v) is 11.4. The summed E-state index contributed by atoms with van der Waals surface area (Å²) in [5.41, 5.74) is 1.30. The van der Waals surface area contributed by atoms with E-state index in [9.17, 15) is 9.59 Å². The summed E-state index contributed by atoms with van der Waals surface area (Å²) in [6.07, 6.45) is 3.85. The number of hydrogen-bond acceptors (Lipinski definition) is 3. The number of fused-ring (bicyclic) bond motifs is 1. The Morgan fingerprint density at radius 1 is 1.20 bits per heavy atom. The molecule has 0 bridgehead atoms. The number of aromatic nitrogens is 2. The largest absolute Gasteiger partial charge is 0.333 e. The quantitative estimate of drug-likeness (QED) is 0.476. The van der Waals surface area contributed by atoms with Crippen molar-refractivity contribution in [1.82, 2.24) is 14.5 Å². The summed E-state index contributed by atoms with van der Waals surface area (Å²) in [5.74, 6) is 0.907. The lowest BCUT2D eigenvalue weighted by Crippen LogP contribution is -2.38. The van der Waals surface area contributed by atoms with E-state index in [1.165, 1.54) is 0 Å². The smallest absolute Gasteiger partial charge is 0.266 e. The fraction of sp³-hybridized carbons (Fsp3) is 0.375. The van der Waals surface area contributed by atoms with Crippen molar-refractivity contribution in [2.75, 3.05) is 6.54 Å². The third kappa shape index (κ3) is 4.06. The molecular weight excluding hydrogens is 442 g/mol. The fourth-order valence-electron chi connectivity index (χ4n) is 3.80. The van der Waals surface area contributed by atoms with Crippen LogP contribution in [0.15, 0.2) is 57.8 Å². The zero-order chi connectivity index (χ0) is 21.3. The van der Waals surface area contributed by atoms with Gasteiger partial charge in [-0.25, -0.2) is 4.98 Å². The highest BCUT2D eigenvalue weighted by Crippen LogP contribution is 2.34. The Labute approximate surface area is 184 Å². The number of carbonyl (C=O) groups excluding carboxylic acids is 1. The number of halogens is 1. The molecule has 1 heterocycles. The standard InChI is InChI=1S/C24H26BrN3O2/c1-3-4-15-27(23(29)17-9-10-17)16(2)22-26-21-8-6-5-7-20(21)24(30)28(22)19-13-11-18(25)12-14-19/h5-8,11-14,16-17H,3-4,9-10,15H2,1-2H3. The number of unbranched alkanes of at least 4 members (excludes halogenated alkanes) is 1. The number of hydrogen-bond donors (Lipinski definition) is 0. The molecule has 5 nitrogen and oxygen atoms in total. The summed E-state index contributed by atoms with van der Waals surface area (Å²) in [6, 6.07) is 14.7. The minimum Gasteiger partial charge on any atom is -0.333 e. The summed E-state index contributed by atoms with van der Waals surface area (Å²) in [6.45, 7) is 4.79. The Morgan fingerprint density at radius 3 is 2.57 bits per heavy atom. The van der Waals surface area contributed by atoms with Crippen molar-refractivity contribution in [3.63, 3.8) is 0 Å². The van der Waals surface area contributed by atoms with Gasteiger partial charge in [0, 0.05) is 16.9 Å². The Hall–Kier alpha value is -2.47. The molecule has 6 heteroatoms. The normalized spacial score (nSPS) is 14.6. The van der Waals surface area contributed by atoms with Crippen LogP contribution in [0.3, 0.4) is 0 Å². The van der Waals surface area contributed by atoms with Gasteiger partial charge < -0.3 is 4.90 Å². The van der Waals surface area contributed by atoms with Gasteiger partial charge in [0.15, 0.2) is 0 Å². The second-order valence-electron chi connectivity index (χ2n) is 7.94. The van der Waals surface area contributed by atoms with Crippen LogP contribution in [-0.4, -0.2) is 26.9 Å². The molecule has 156 valence electrons. The average Bonchev–Trinajstić information content (AvgIpc) is 3.60. The highest BCUT2D eigenvalue weighted by atomic mass is 79.9. The van der Waals surface area contributed by atoms with E-state index in [1.807, 2.05) is 54.3 Å². The van der Waals surface area contributed by atoms with E-state index in [2.05, 4.69) is 22.9 Å². The van der Waals surface area contributed by atoms with Crippen molar-refractivity contribution in [1.29, 1.82) is 0 Å². The summed E-state index contributed by atoms with van der Waals surface area (Å²) < 4.78 is 2.61. The monoisotopic (exact) mass is 467 g/mol. The van der Waals surface area contributed by atoms with E-state index in [-0.39, 0.29) is 23.4 Å². The maximum Gasteiger partial charge on any atom is 0.266 e. The van der Waals surface area contributed by atoms with Crippen LogP contribution in [-0.2, 0) is 4.79 Å². The topological polar surface area (TPSA) is 55.2 Å². The molecule has 1 atom stereocenters. The van der Waals surface area contributed by atoms with Crippen molar-refractivity contribution in [2.24, 2.45) is 5.92 Å². The zero-order valence-corrected chi connectivity index (χ0v) is 18.9. The average molecular weight is 468 g/mol. The van der Waals surface area contributed by atoms with Gasteiger partial charge in [0.1, 0.15) is 5.82 Å². The van der Waals surface area contributed by atoms with Crippen LogP contribution in [0.1, 0.15) is 51.4 Å². The second kappa shape index (κ2) is 8.72. The first-order valence-electron chi connectivity index (χ1n) is 10.6. The van der Waals surface area contributed by atoms with E-state index in [0.717, 1.165) is 35.8 Å². The van der Waals surface area contributed by atoms with Crippen LogP contribution in [0.4, 0.5) is 0 Å². The van der Waals surface area contributed by atoms with Crippen LogP contribution in [0.25, 0.3) is 16.6 Å². The maximum atomic E-state index is 13.5. The van der Waals surface area contributed by atoms with E-state index >= 15 is 0 Å². The lowest BCUT2D eigenvalue weighted by atomic mass is 10.1. The first kappa shape index (κ1) is 20.8. The molecule has 1 unspecified atom stereocenters. The molecule has 0 aliphatic heterocycles. The molecule has 30 heavy (non-hydrogen) atoms. The zero-order valence-electron chi connectivity index (χ0n) is 17.3. The maximum absolute atomic E-state index is 13.5. The highest BCUT2D eigenvalue weighted by Gasteiger charge is 2.36. The van der Waals surface area contributed by atoms with Gasteiger partial charge in [-0.15, -0.1) is 0 Å². The molecule has 1 aliphatic carbocycles. The minimum absolute atomic E-state index is 0.112. The Balaban J connectivity index is 1.89. The lowest BCUT2D eigenvalue weighted by Gasteiger charge is -2.30. The van der Waals surface area contributed by atoms with Gasteiger partial charge in [-0.2, -0.15) is 0 Å². The van der Waals surface area contributed by atoms with Gasteiger partial charge in [-0.1, -0.05) is 41.4 Å². The molecule has 3 aromatic rings. The van der Waals surface area contributed by atoms with Crippen molar-refractivity contribution in [3.8, 4) is 5.69 Å². The molecule has 1 saturated carbocycles. The first-order chi connectivity index (χ1) is 14.5. The Bertz CT molecular complexity index is 1120. The molecule has 1 aromatic heterocycles. The van der Waals surface area contributed by atoms with Crippen LogP contribution in [0.2, 0.25) is 0 Å². The van der Waals surface area contributed by atoms with E-state index in [4.69, 9.17) is 4.98 Å². The van der Waals surface area contributed by atoms with Gasteiger partial charge in [-0.3, -0.25) is 14.2 Å². The van der Waals surface area contributed by atoms with Crippen LogP contribution in [0.5, 0.6) is 0 Å². The summed E-state index contributed by atoms with van der Waals surface area (Å²) in [4.78, 5) is 33.4. The van der Waals surface area contributed by atoms with Crippen molar-refractivity contribution in [3.05, 3.63) is 69.2 Å². The Kier molecular flexibility index (Phi) is 6.04. The molecule has 4 rings (SSSR count). The highest BCUT2D eigenvalue weighted by molar-refractivity contribution is 9.10. The third-order valence-corrected chi connectivity index (χ3v) is 6.22. The van der Waals surface area contributed by atoms with E-state index in [0.29, 0.717) is 23.3 Å². The van der Waals surface area contributed by atoms with Gasteiger partial charge in [0.25, 0.3) is 5.56 Å². The predicted molar refractivity (Wildman–Crippen MR) is 123 cm³/mol. The lowest BCUT2D eigenvalue weighted by molar-refractivity contribution is -0.135. The minimum atomic E-state index is -0.300. The third-order valence-electron chi connectivity index (χ3n) is 5.69. The summed E-state index contributed by atoms with van der Waals surface area (Å²) in [7, 11) is 0. The van der Waals surface area contributed by atoms with Crippen molar-refractivity contribution in [2.45, 2.75) is 45.6 Å². The molecule has 1 fully saturated rings. The van der Waals surface area contributed by atoms with Crippen molar-refractivity contribution >= 4 is 32.7 Å². The summed E-state index contributed by atoms with van der Waals surface area (Å²) in [5, 5.41) is 0.574.